The van der Waals surface area contributed by atoms with Crippen molar-refractivity contribution in [2.45, 2.75) is 0 Å². The first-order chi connectivity index (χ1) is 12.7. The second-order valence-corrected chi connectivity index (χ2v) is 6.08. The Hall–Kier alpha value is -3.15. The van der Waals surface area contributed by atoms with Crippen LogP contribution < -0.4 is 10.2 Å². The van der Waals surface area contributed by atoms with Gasteiger partial charge in [0.25, 0.3) is 11.8 Å². The number of benzene rings is 1. The zero-order valence-electron chi connectivity index (χ0n) is 14.6. The van der Waals surface area contributed by atoms with Crippen molar-refractivity contribution in [1.29, 1.82) is 0 Å². The Labute approximate surface area is 153 Å². The normalized spacial score (nSPS) is 14.0. The molecule has 0 saturated carbocycles. The maximum atomic E-state index is 12.8. The number of hydrogen-bond donors (Lipinski definition) is 1. The van der Waals surface area contributed by atoms with E-state index in [-0.39, 0.29) is 11.8 Å². The molecule has 134 valence electrons. The lowest BCUT2D eigenvalue weighted by Crippen LogP contribution is -2.48. The fourth-order valence-corrected chi connectivity index (χ4v) is 2.94. The summed E-state index contributed by atoms with van der Waals surface area (Å²) in [6.45, 7) is 6.78. The molecule has 0 unspecified atom stereocenters. The average Bonchev–Trinajstić information content (AvgIpc) is 2.72. The number of nitrogens with zero attached hydrogens (tertiary/aromatic N) is 3. The monoisotopic (exact) mass is 350 g/mol. The van der Waals surface area contributed by atoms with Crippen molar-refractivity contribution in [3.05, 3.63) is 72.6 Å². The van der Waals surface area contributed by atoms with E-state index in [0.717, 1.165) is 13.1 Å². The molecule has 1 N–H and O–H groups in total. The van der Waals surface area contributed by atoms with Gasteiger partial charge in [-0.2, -0.15) is 0 Å². The van der Waals surface area contributed by atoms with E-state index in [9.17, 15) is 9.59 Å². The number of aromatic nitrogens is 1. The molecule has 6 heteroatoms. The highest BCUT2D eigenvalue weighted by Gasteiger charge is 2.23. The third-order valence-corrected chi connectivity index (χ3v) is 4.34. The van der Waals surface area contributed by atoms with Gasteiger partial charge in [-0.05, 0) is 18.2 Å². The summed E-state index contributed by atoms with van der Waals surface area (Å²) in [5.41, 5.74) is 1.98. The molecule has 26 heavy (non-hydrogen) atoms. The van der Waals surface area contributed by atoms with Crippen LogP contribution in [-0.2, 0) is 0 Å². The minimum Gasteiger partial charge on any atom is -0.368 e. The third kappa shape index (κ3) is 4.08. The van der Waals surface area contributed by atoms with Gasteiger partial charge in [-0.3, -0.25) is 14.6 Å². The predicted octanol–water partition coefficient (Wildman–Crippen LogP) is 1.96. The molecule has 0 spiro atoms. The molecule has 0 bridgehead atoms. The number of piperazine rings is 1. The number of carbonyl (C=O) groups is 2. The molecule has 3 rings (SSSR count). The van der Waals surface area contributed by atoms with Gasteiger partial charge in [-0.15, -0.1) is 6.58 Å². The quantitative estimate of drug-likeness (QED) is 0.837. The number of anilines is 1. The molecule has 0 radical (unpaired) electrons. The highest BCUT2D eigenvalue weighted by molar-refractivity contribution is 5.99. The molecular weight excluding hydrogens is 328 g/mol. The number of nitrogens with one attached hydrogen (secondary N) is 1. The van der Waals surface area contributed by atoms with Crippen LogP contribution in [0.1, 0.15) is 20.7 Å². The molecule has 6 nitrogen and oxygen atoms in total. The van der Waals surface area contributed by atoms with E-state index in [2.05, 4.69) is 33.9 Å². The number of carbonyl (C=O) groups excluding carboxylic acids is 2. The summed E-state index contributed by atoms with van der Waals surface area (Å²) >= 11 is 0. The van der Waals surface area contributed by atoms with Gasteiger partial charge in [-0.1, -0.05) is 24.3 Å². The fraction of sp³-hybridized carbons (Fsp3) is 0.250. The van der Waals surface area contributed by atoms with Crippen LogP contribution in [0.2, 0.25) is 0 Å². The van der Waals surface area contributed by atoms with E-state index in [1.54, 1.807) is 12.1 Å². The van der Waals surface area contributed by atoms with Crippen LogP contribution in [0.4, 0.5) is 5.69 Å². The average molecular weight is 350 g/mol. The van der Waals surface area contributed by atoms with Crippen molar-refractivity contribution >= 4 is 17.5 Å². The van der Waals surface area contributed by atoms with Gasteiger partial charge < -0.3 is 15.1 Å². The summed E-state index contributed by atoms with van der Waals surface area (Å²) in [6.07, 6.45) is 4.57. The Balaban J connectivity index is 1.63. The lowest BCUT2D eigenvalue weighted by Gasteiger charge is -2.36. The molecule has 1 saturated heterocycles. The fourth-order valence-electron chi connectivity index (χ4n) is 2.94. The summed E-state index contributed by atoms with van der Waals surface area (Å²) < 4.78 is 0. The van der Waals surface area contributed by atoms with E-state index in [4.69, 9.17) is 0 Å². The molecule has 0 aliphatic carbocycles. The van der Waals surface area contributed by atoms with Crippen LogP contribution in [0.15, 0.2) is 61.4 Å². The third-order valence-electron chi connectivity index (χ3n) is 4.34. The van der Waals surface area contributed by atoms with Gasteiger partial charge in [0.15, 0.2) is 0 Å². The molecule has 2 aromatic rings. The van der Waals surface area contributed by atoms with Crippen LogP contribution in [0.3, 0.4) is 0 Å². The van der Waals surface area contributed by atoms with E-state index >= 15 is 0 Å². The Bertz CT molecular complexity index is 783. The number of hydrogen-bond acceptors (Lipinski definition) is 4. The minimum atomic E-state index is -0.263. The molecule has 1 aromatic heterocycles. The van der Waals surface area contributed by atoms with Crippen LogP contribution in [0.25, 0.3) is 0 Å². The maximum absolute atomic E-state index is 12.8. The molecular formula is C20H22N4O2. The lowest BCUT2D eigenvalue weighted by molar-refractivity contribution is 0.0746. The summed E-state index contributed by atoms with van der Waals surface area (Å²) in [5.74, 6) is -0.357. The van der Waals surface area contributed by atoms with Crippen molar-refractivity contribution in [1.82, 2.24) is 15.2 Å². The topological polar surface area (TPSA) is 65.5 Å². The zero-order chi connectivity index (χ0) is 18.4. The second-order valence-electron chi connectivity index (χ2n) is 6.08. The van der Waals surface area contributed by atoms with Crippen LogP contribution >= 0.6 is 0 Å². The highest BCUT2D eigenvalue weighted by atomic mass is 16.2. The maximum Gasteiger partial charge on any atom is 0.255 e. The Kier molecular flexibility index (Phi) is 5.63. The van der Waals surface area contributed by atoms with Crippen LogP contribution in [0, 0.1) is 0 Å². The number of rotatable bonds is 5. The Morgan fingerprint density at radius 1 is 1.08 bits per heavy atom. The molecule has 2 heterocycles. The van der Waals surface area contributed by atoms with Gasteiger partial charge in [0.1, 0.15) is 0 Å². The first kappa shape index (κ1) is 17.7. The number of pyridine rings is 1. The van der Waals surface area contributed by atoms with Crippen molar-refractivity contribution in [3.63, 3.8) is 0 Å². The SMILES string of the molecule is C=CCNC(=O)c1cncc(C(=O)N2CCN(c3ccccc3)CC2)c1. The van der Waals surface area contributed by atoms with Crippen molar-refractivity contribution in [2.24, 2.45) is 0 Å². The summed E-state index contributed by atoms with van der Waals surface area (Å²) in [6, 6.07) is 11.8. The standard InChI is InChI=1S/C20H22N4O2/c1-2-8-22-19(25)16-13-17(15-21-14-16)20(26)24-11-9-23(10-12-24)18-6-4-3-5-7-18/h2-7,13-15H,1,8-12H2,(H,22,25). The Morgan fingerprint density at radius 2 is 1.77 bits per heavy atom. The zero-order valence-corrected chi connectivity index (χ0v) is 14.6. The highest BCUT2D eigenvalue weighted by Crippen LogP contribution is 2.17. The van der Waals surface area contributed by atoms with Gasteiger partial charge in [0.2, 0.25) is 0 Å². The molecule has 1 aliphatic heterocycles. The summed E-state index contributed by atoms with van der Waals surface area (Å²) in [5, 5.41) is 2.69. The van der Waals surface area contributed by atoms with Crippen LogP contribution in [-0.4, -0.2) is 54.4 Å². The number of amides is 2. The molecule has 1 fully saturated rings. The van der Waals surface area contributed by atoms with Crippen LogP contribution in [0.5, 0.6) is 0 Å². The van der Waals surface area contributed by atoms with Crippen molar-refractivity contribution in [3.8, 4) is 0 Å². The van der Waals surface area contributed by atoms with Crippen molar-refractivity contribution in [2.75, 3.05) is 37.6 Å². The van der Waals surface area contributed by atoms with E-state index in [0.29, 0.717) is 30.8 Å². The Morgan fingerprint density at radius 3 is 2.46 bits per heavy atom. The van der Waals surface area contributed by atoms with Gasteiger partial charge >= 0.3 is 0 Å². The molecule has 2 amide bonds. The van der Waals surface area contributed by atoms with Gasteiger partial charge in [-0.25, -0.2) is 0 Å². The largest absolute Gasteiger partial charge is 0.368 e. The number of para-hydroxylation sites is 1. The summed E-state index contributed by atoms with van der Waals surface area (Å²) in [4.78, 5) is 32.9. The first-order valence-electron chi connectivity index (χ1n) is 8.62. The first-order valence-corrected chi connectivity index (χ1v) is 8.62. The molecule has 0 atom stereocenters. The molecule has 1 aromatic carbocycles. The van der Waals surface area contributed by atoms with E-state index in [1.165, 1.54) is 18.1 Å². The van der Waals surface area contributed by atoms with E-state index < -0.39 is 0 Å². The lowest BCUT2D eigenvalue weighted by atomic mass is 10.1. The second kappa shape index (κ2) is 8.29. The van der Waals surface area contributed by atoms with Gasteiger partial charge in [0.05, 0.1) is 11.1 Å². The molecule has 1 aliphatic rings. The predicted molar refractivity (Wildman–Crippen MR) is 101 cm³/mol. The summed E-state index contributed by atoms with van der Waals surface area (Å²) in [7, 11) is 0. The minimum absolute atomic E-state index is 0.0939. The van der Waals surface area contributed by atoms with Crippen molar-refractivity contribution < 1.29 is 9.59 Å². The van der Waals surface area contributed by atoms with E-state index in [1.807, 2.05) is 23.1 Å². The van der Waals surface area contributed by atoms with Gasteiger partial charge in [0, 0.05) is 50.8 Å². The smallest absolute Gasteiger partial charge is 0.255 e.